The molecule has 140 valence electrons. The smallest absolute Gasteiger partial charge is 0.238 e. The first-order valence-electron chi connectivity index (χ1n) is 8.26. The Morgan fingerprint density at radius 2 is 1.85 bits per heavy atom. The van der Waals surface area contributed by atoms with Crippen LogP contribution in [0.3, 0.4) is 0 Å². The molecule has 0 aliphatic carbocycles. The van der Waals surface area contributed by atoms with Crippen LogP contribution in [0.25, 0.3) is 0 Å². The lowest BCUT2D eigenvalue weighted by Gasteiger charge is -2.18. The number of carbonyl (C=O) groups is 1. The molecule has 0 radical (unpaired) electrons. The third kappa shape index (κ3) is 5.31. The van der Waals surface area contributed by atoms with Gasteiger partial charge in [-0.2, -0.15) is 0 Å². The average Bonchev–Trinajstić information content (AvgIpc) is 2.59. The van der Waals surface area contributed by atoms with Crippen molar-refractivity contribution in [1.82, 2.24) is 5.32 Å². The van der Waals surface area contributed by atoms with Crippen LogP contribution in [0.4, 0.5) is 0 Å². The fourth-order valence-corrected chi connectivity index (χ4v) is 3.20. The van der Waals surface area contributed by atoms with Crippen molar-refractivity contribution < 1.29 is 17.9 Å². The number of nitrogens with two attached hydrogens (primary N) is 1. The molecule has 0 heterocycles. The Morgan fingerprint density at radius 3 is 2.42 bits per heavy atom. The topological polar surface area (TPSA) is 98.5 Å². The maximum Gasteiger partial charge on any atom is 0.238 e. The number of rotatable bonds is 7. The average molecular weight is 376 g/mol. The van der Waals surface area contributed by atoms with Crippen molar-refractivity contribution in [3.63, 3.8) is 0 Å². The molecule has 0 fully saturated rings. The van der Waals surface area contributed by atoms with Crippen LogP contribution in [0.5, 0.6) is 5.75 Å². The van der Waals surface area contributed by atoms with Gasteiger partial charge in [-0.25, -0.2) is 13.6 Å². The SMILES string of the molecule is COc1ccc(C)cc1C(C)NC(=O)CCc1ccc(S(N)(=O)=O)cc1. The van der Waals surface area contributed by atoms with E-state index in [1.54, 1.807) is 19.2 Å². The van der Waals surface area contributed by atoms with Crippen LogP contribution in [0.1, 0.15) is 36.1 Å². The highest BCUT2D eigenvalue weighted by Crippen LogP contribution is 2.26. The molecule has 0 aliphatic heterocycles. The van der Waals surface area contributed by atoms with Crippen LogP contribution < -0.4 is 15.2 Å². The van der Waals surface area contributed by atoms with Crippen molar-refractivity contribution in [2.24, 2.45) is 5.14 Å². The van der Waals surface area contributed by atoms with Crippen LogP contribution in [0, 0.1) is 6.92 Å². The lowest BCUT2D eigenvalue weighted by atomic mass is 10.0. The maximum atomic E-state index is 12.2. The quantitative estimate of drug-likeness (QED) is 0.775. The summed E-state index contributed by atoms with van der Waals surface area (Å²) in [5.41, 5.74) is 2.89. The van der Waals surface area contributed by atoms with Crippen molar-refractivity contribution in [3.8, 4) is 5.75 Å². The fraction of sp³-hybridized carbons (Fsp3) is 0.316. The lowest BCUT2D eigenvalue weighted by Crippen LogP contribution is -2.27. The molecule has 6 nitrogen and oxygen atoms in total. The van der Waals surface area contributed by atoms with Gasteiger partial charge in [-0.15, -0.1) is 0 Å². The molecule has 2 aromatic rings. The van der Waals surface area contributed by atoms with Gasteiger partial charge in [-0.3, -0.25) is 4.79 Å². The summed E-state index contributed by atoms with van der Waals surface area (Å²) in [6, 6.07) is 11.9. The van der Waals surface area contributed by atoms with E-state index < -0.39 is 10.0 Å². The third-order valence-electron chi connectivity index (χ3n) is 4.12. The molecule has 0 saturated heterocycles. The monoisotopic (exact) mass is 376 g/mol. The van der Waals surface area contributed by atoms with Gasteiger partial charge in [0.15, 0.2) is 0 Å². The molecule has 3 N–H and O–H groups in total. The van der Waals surface area contributed by atoms with Crippen molar-refractivity contribution in [1.29, 1.82) is 0 Å². The first-order valence-corrected chi connectivity index (χ1v) is 9.81. The number of methoxy groups -OCH3 is 1. The predicted octanol–water partition coefficient (Wildman–Crippen LogP) is 2.46. The van der Waals surface area contributed by atoms with Crippen LogP contribution in [-0.4, -0.2) is 21.4 Å². The summed E-state index contributed by atoms with van der Waals surface area (Å²) in [5.74, 6) is 0.651. The Balaban J connectivity index is 1.95. The number of carbonyl (C=O) groups excluding carboxylic acids is 1. The van der Waals surface area contributed by atoms with Gasteiger partial charge in [0.05, 0.1) is 18.0 Å². The Bertz CT molecular complexity index is 877. The highest BCUT2D eigenvalue weighted by Gasteiger charge is 2.14. The third-order valence-corrected chi connectivity index (χ3v) is 5.05. The number of ether oxygens (including phenoxy) is 1. The summed E-state index contributed by atoms with van der Waals surface area (Å²) in [5, 5.41) is 8.04. The predicted molar refractivity (Wildman–Crippen MR) is 100 cm³/mol. The van der Waals surface area contributed by atoms with E-state index in [4.69, 9.17) is 9.88 Å². The van der Waals surface area contributed by atoms with Gasteiger partial charge >= 0.3 is 0 Å². The molecule has 26 heavy (non-hydrogen) atoms. The van der Waals surface area contributed by atoms with Gasteiger partial charge in [0.2, 0.25) is 15.9 Å². The molecule has 2 aromatic carbocycles. The van der Waals surface area contributed by atoms with E-state index in [2.05, 4.69) is 5.32 Å². The standard InChI is InChI=1S/C19H24N2O4S/c1-13-4-10-18(25-3)17(12-13)14(2)21-19(22)11-7-15-5-8-16(9-6-15)26(20,23)24/h4-6,8-10,12,14H,7,11H2,1-3H3,(H,21,22)(H2,20,23,24). The van der Waals surface area contributed by atoms with Crippen molar-refractivity contribution in [3.05, 3.63) is 59.2 Å². The zero-order chi connectivity index (χ0) is 19.3. The molecule has 1 atom stereocenters. The highest BCUT2D eigenvalue weighted by molar-refractivity contribution is 7.89. The summed E-state index contributed by atoms with van der Waals surface area (Å²) in [6.45, 7) is 3.90. The normalized spacial score (nSPS) is 12.5. The fourth-order valence-electron chi connectivity index (χ4n) is 2.69. The minimum Gasteiger partial charge on any atom is -0.496 e. The van der Waals surface area contributed by atoms with E-state index in [1.807, 2.05) is 32.0 Å². The molecule has 0 bridgehead atoms. The molecule has 0 aromatic heterocycles. The number of aryl methyl sites for hydroxylation is 2. The minimum absolute atomic E-state index is 0.0610. The number of hydrogen-bond donors (Lipinski definition) is 2. The summed E-state index contributed by atoms with van der Waals surface area (Å²) in [7, 11) is -2.09. The molecular weight excluding hydrogens is 352 g/mol. The Labute approximate surface area is 154 Å². The van der Waals surface area contributed by atoms with E-state index in [-0.39, 0.29) is 16.8 Å². The number of sulfonamides is 1. The minimum atomic E-state index is -3.70. The number of amides is 1. The highest BCUT2D eigenvalue weighted by atomic mass is 32.2. The summed E-state index contributed by atoms with van der Waals surface area (Å²) >= 11 is 0. The Morgan fingerprint density at radius 1 is 1.19 bits per heavy atom. The Hall–Kier alpha value is -2.38. The lowest BCUT2D eigenvalue weighted by molar-refractivity contribution is -0.121. The van der Waals surface area contributed by atoms with Gasteiger partial charge in [0, 0.05) is 12.0 Å². The van der Waals surface area contributed by atoms with E-state index in [0.717, 1.165) is 22.4 Å². The second-order valence-electron chi connectivity index (χ2n) is 6.22. The molecule has 0 aliphatic rings. The first-order chi connectivity index (χ1) is 12.2. The van der Waals surface area contributed by atoms with Gasteiger partial charge in [0.1, 0.15) is 5.75 Å². The van der Waals surface area contributed by atoms with E-state index >= 15 is 0 Å². The van der Waals surface area contributed by atoms with Crippen LogP contribution in [-0.2, 0) is 21.2 Å². The second-order valence-corrected chi connectivity index (χ2v) is 7.78. The van der Waals surface area contributed by atoms with Crippen LogP contribution in [0.15, 0.2) is 47.4 Å². The van der Waals surface area contributed by atoms with Gasteiger partial charge in [0.25, 0.3) is 0 Å². The largest absolute Gasteiger partial charge is 0.496 e. The van der Waals surface area contributed by atoms with E-state index in [1.165, 1.54) is 12.1 Å². The summed E-state index contributed by atoms with van der Waals surface area (Å²) < 4.78 is 27.9. The Kier molecular flexibility index (Phi) is 6.39. The molecule has 7 heteroatoms. The summed E-state index contributed by atoms with van der Waals surface area (Å²) in [6.07, 6.45) is 0.807. The molecular formula is C19H24N2O4S. The number of benzene rings is 2. The van der Waals surface area contributed by atoms with Gasteiger partial charge in [-0.05, 0) is 44.0 Å². The maximum absolute atomic E-state index is 12.2. The number of nitrogens with one attached hydrogen (secondary N) is 1. The second kappa shape index (κ2) is 8.33. The van der Waals surface area contributed by atoms with E-state index in [9.17, 15) is 13.2 Å². The zero-order valence-corrected chi connectivity index (χ0v) is 16.0. The number of hydrogen-bond acceptors (Lipinski definition) is 4. The molecule has 2 rings (SSSR count). The molecule has 0 spiro atoms. The van der Waals surface area contributed by atoms with E-state index in [0.29, 0.717) is 12.8 Å². The van der Waals surface area contributed by atoms with Crippen molar-refractivity contribution in [2.75, 3.05) is 7.11 Å². The van der Waals surface area contributed by atoms with Crippen LogP contribution >= 0.6 is 0 Å². The van der Waals surface area contributed by atoms with Crippen LogP contribution in [0.2, 0.25) is 0 Å². The number of primary sulfonamides is 1. The molecule has 1 amide bonds. The first kappa shape index (κ1) is 19.9. The van der Waals surface area contributed by atoms with Gasteiger partial charge in [-0.1, -0.05) is 29.8 Å². The van der Waals surface area contributed by atoms with Crippen molar-refractivity contribution in [2.45, 2.75) is 37.6 Å². The summed E-state index contributed by atoms with van der Waals surface area (Å²) in [4.78, 5) is 12.3. The molecule has 1 unspecified atom stereocenters. The zero-order valence-electron chi connectivity index (χ0n) is 15.2. The van der Waals surface area contributed by atoms with Gasteiger partial charge < -0.3 is 10.1 Å². The molecule has 0 saturated carbocycles. The van der Waals surface area contributed by atoms with Crippen molar-refractivity contribution >= 4 is 15.9 Å².